The van der Waals surface area contributed by atoms with E-state index in [1.54, 1.807) is 12.1 Å². The Morgan fingerprint density at radius 2 is 2.09 bits per heavy atom. The molecule has 1 saturated heterocycles. The summed E-state index contributed by atoms with van der Waals surface area (Å²) in [6, 6.07) is 7.33. The highest BCUT2D eigenvalue weighted by Gasteiger charge is 2.28. The SMILES string of the molecule is CC1=NN(c2ccc(C(=O)NC[C@@H]3CCS(=O)(=O)C3)cc2)CC1. The summed E-state index contributed by atoms with van der Waals surface area (Å²) in [5, 5.41) is 9.19. The van der Waals surface area contributed by atoms with Gasteiger partial charge in [0, 0.05) is 30.8 Å². The maximum absolute atomic E-state index is 12.1. The third-order valence-corrected chi connectivity index (χ3v) is 6.12. The highest BCUT2D eigenvalue weighted by atomic mass is 32.2. The Hall–Kier alpha value is -1.89. The summed E-state index contributed by atoms with van der Waals surface area (Å²) in [7, 11) is -2.90. The topological polar surface area (TPSA) is 78.8 Å². The highest BCUT2D eigenvalue weighted by Crippen LogP contribution is 2.20. The molecule has 23 heavy (non-hydrogen) atoms. The predicted molar refractivity (Wildman–Crippen MR) is 90.6 cm³/mol. The van der Waals surface area contributed by atoms with Crippen molar-refractivity contribution in [2.45, 2.75) is 19.8 Å². The van der Waals surface area contributed by atoms with Gasteiger partial charge in [0.1, 0.15) is 0 Å². The van der Waals surface area contributed by atoms with Gasteiger partial charge in [-0.3, -0.25) is 9.80 Å². The molecule has 2 heterocycles. The molecule has 124 valence electrons. The van der Waals surface area contributed by atoms with Gasteiger partial charge in [-0.05, 0) is 43.5 Å². The Morgan fingerprint density at radius 3 is 2.65 bits per heavy atom. The van der Waals surface area contributed by atoms with Crippen LogP contribution in [-0.4, -0.2) is 44.6 Å². The first-order valence-electron chi connectivity index (χ1n) is 7.83. The van der Waals surface area contributed by atoms with Crippen LogP contribution in [0.2, 0.25) is 0 Å². The number of rotatable bonds is 4. The van der Waals surface area contributed by atoms with Crippen molar-refractivity contribution in [3.05, 3.63) is 29.8 Å². The zero-order chi connectivity index (χ0) is 16.4. The maximum atomic E-state index is 12.1. The summed E-state index contributed by atoms with van der Waals surface area (Å²) in [5.41, 5.74) is 2.66. The summed E-state index contributed by atoms with van der Waals surface area (Å²) in [6.07, 6.45) is 1.60. The summed E-state index contributed by atoms with van der Waals surface area (Å²) in [5.74, 6) is 0.281. The standard InChI is InChI=1S/C16H21N3O3S/c1-12-6-8-19(18-12)15-4-2-14(3-5-15)16(20)17-10-13-7-9-23(21,22)11-13/h2-5,13H,6-11H2,1H3,(H,17,20)/t13-/m0/s1. The quantitative estimate of drug-likeness (QED) is 0.903. The van der Waals surface area contributed by atoms with Crippen molar-refractivity contribution in [1.29, 1.82) is 0 Å². The van der Waals surface area contributed by atoms with Crippen LogP contribution in [0.3, 0.4) is 0 Å². The lowest BCUT2D eigenvalue weighted by Gasteiger charge is -2.14. The van der Waals surface area contributed by atoms with E-state index in [2.05, 4.69) is 10.4 Å². The third kappa shape index (κ3) is 3.90. The van der Waals surface area contributed by atoms with Crippen LogP contribution in [0.25, 0.3) is 0 Å². The summed E-state index contributed by atoms with van der Waals surface area (Å²) in [6.45, 7) is 3.29. The van der Waals surface area contributed by atoms with Crippen LogP contribution in [0, 0.1) is 5.92 Å². The number of carbonyl (C=O) groups excluding carboxylic acids is 1. The fraction of sp³-hybridized carbons (Fsp3) is 0.500. The number of hydrazone groups is 1. The average Bonchev–Trinajstić information content (AvgIpc) is 3.10. The van der Waals surface area contributed by atoms with E-state index in [9.17, 15) is 13.2 Å². The lowest BCUT2D eigenvalue weighted by molar-refractivity contribution is 0.0948. The normalized spacial score (nSPS) is 22.9. The van der Waals surface area contributed by atoms with Gasteiger partial charge in [0.15, 0.2) is 9.84 Å². The zero-order valence-electron chi connectivity index (χ0n) is 13.2. The van der Waals surface area contributed by atoms with Crippen molar-refractivity contribution in [3.63, 3.8) is 0 Å². The smallest absolute Gasteiger partial charge is 0.251 e. The average molecular weight is 335 g/mol. The lowest BCUT2D eigenvalue weighted by atomic mass is 10.1. The van der Waals surface area contributed by atoms with Crippen LogP contribution >= 0.6 is 0 Å². The highest BCUT2D eigenvalue weighted by molar-refractivity contribution is 7.91. The lowest BCUT2D eigenvalue weighted by Crippen LogP contribution is -2.29. The van der Waals surface area contributed by atoms with E-state index in [4.69, 9.17) is 0 Å². The first-order chi connectivity index (χ1) is 10.9. The van der Waals surface area contributed by atoms with E-state index < -0.39 is 9.84 Å². The largest absolute Gasteiger partial charge is 0.352 e. The van der Waals surface area contributed by atoms with Crippen LogP contribution in [0.5, 0.6) is 0 Å². The molecule has 1 aromatic carbocycles. The van der Waals surface area contributed by atoms with Crippen LogP contribution in [-0.2, 0) is 9.84 Å². The molecule has 6 nitrogen and oxygen atoms in total. The number of hydrogen-bond acceptors (Lipinski definition) is 5. The molecular weight excluding hydrogens is 314 g/mol. The van der Waals surface area contributed by atoms with Gasteiger partial charge in [-0.1, -0.05) is 0 Å². The zero-order valence-corrected chi connectivity index (χ0v) is 14.0. The number of hydrogen-bond donors (Lipinski definition) is 1. The Bertz CT molecular complexity index is 725. The first-order valence-corrected chi connectivity index (χ1v) is 9.65. The van der Waals surface area contributed by atoms with E-state index in [-0.39, 0.29) is 23.3 Å². The molecule has 0 radical (unpaired) electrons. The van der Waals surface area contributed by atoms with E-state index in [1.807, 2.05) is 24.1 Å². The van der Waals surface area contributed by atoms with Gasteiger partial charge in [-0.2, -0.15) is 5.10 Å². The number of nitrogens with zero attached hydrogens (tertiary/aromatic N) is 2. The van der Waals surface area contributed by atoms with Gasteiger partial charge in [0.05, 0.1) is 17.2 Å². The monoisotopic (exact) mass is 335 g/mol. The molecule has 2 aliphatic rings. The minimum atomic E-state index is -2.90. The van der Waals surface area contributed by atoms with Gasteiger partial charge < -0.3 is 5.32 Å². The molecule has 0 bridgehead atoms. The molecule has 0 aromatic heterocycles. The molecule has 0 spiro atoms. The van der Waals surface area contributed by atoms with Gasteiger partial charge in [-0.25, -0.2) is 8.42 Å². The van der Waals surface area contributed by atoms with Crippen LogP contribution in [0.4, 0.5) is 5.69 Å². The Morgan fingerprint density at radius 1 is 1.35 bits per heavy atom. The van der Waals surface area contributed by atoms with Crippen molar-refractivity contribution in [2.24, 2.45) is 11.0 Å². The minimum Gasteiger partial charge on any atom is -0.352 e. The fourth-order valence-corrected chi connectivity index (χ4v) is 4.78. The summed E-state index contributed by atoms with van der Waals surface area (Å²) < 4.78 is 22.8. The van der Waals surface area contributed by atoms with Gasteiger partial charge in [0.2, 0.25) is 0 Å². The molecule has 7 heteroatoms. The van der Waals surface area contributed by atoms with Crippen LogP contribution in [0.15, 0.2) is 29.4 Å². The number of carbonyl (C=O) groups is 1. The number of nitrogens with one attached hydrogen (secondary N) is 1. The van der Waals surface area contributed by atoms with Crippen LogP contribution < -0.4 is 10.3 Å². The van der Waals surface area contributed by atoms with Crippen molar-refractivity contribution in [1.82, 2.24) is 5.32 Å². The molecule has 0 saturated carbocycles. The summed E-state index contributed by atoms with van der Waals surface area (Å²) >= 11 is 0. The van der Waals surface area contributed by atoms with Crippen molar-refractivity contribution < 1.29 is 13.2 Å². The van der Waals surface area contributed by atoms with Gasteiger partial charge in [0.25, 0.3) is 5.91 Å². The Labute approximate surface area is 136 Å². The molecule has 1 fully saturated rings. The van der Waals surface area contributed by atoms with Crippen molar-refractivity contribution in [3.8, 4) is 0 Å². The van der Waals surface area contributed by atoms with Gasteiger partial charge in [-0.15, -0.1) is 0 Å². The fourth-order valence-electron chi connectivity index (χ4n) is 2.92. The third-order valence-electron chi connectivity index (χ3n) is 4.28. The molecule has 1 aromatic rings. The first kappa shape index (κ1) is 16.0. The molecule has 3 rings (SSSR count). The predicted octanol–water partition coefficient (Wildman–Crippen LogP) is 1.44. The molecule has 1 atom stereocenters. The number of anilines is 1. The molecule has 0 aliphatic carbocycles. The van der Waals surface area contributed by atoms with E-state index >= 15 is 0 Å². The second-order valence-electron chi connectivity index (χ2n) is 6.23. The Balaban J connectivity index is 1.56. The minimum absolute atomic E-state index is 0.0325. The molecule has 1 N–H and O–H groups in total. The number of amides is 1. The van der Waals surface area contributed by atoms with Crippen LogP contribution in [0.1, 0.15) is 30.1 Å². The van der Waals surface area contributed by atoms with Crippen molar-refractivity contribution in [2.75, 3.05) is 29.6 Å². The van der Waals surface area contributed by atoms with E-state index in [0.717, 1.165) is 24.4 Å². The molecule has 2 aliphatic heterocycles. The van der Waals surface area contributed by atoms with Gasteiger partial charge >= 0.3 is 0 Å². The maximum Gasteiger partial charge on any atom is 0.251 e. The number of benzene rings is 1. The second kappa shape index (κ2) is 6.31. The van der Waals surface area contributed by atoms with E-state index in [1.165, 1.54) is 0 Å². The van der Waals surface area contributed by atoms with E-state index in [0.29, 0.717) is 18.5 Å². The molecule has 1 amide bonds. The summed E-state index contributed by atoms with van der Waals surface area (Å²) in [4.78, 5) is 12.1. The molecular formula is C16H21N3O3S. The molecule has 0 unspecified atom stereocenters. The van der Waals surface area contributed by atoms with Crippen molar-refractivity contribution >= 4 is 27.1 Å². The second-order valence-corrected chi connectivity index (χ2v) is 8.46. The number of sulfone groups is 1. The Kier molecular flexibility index (Phi) is 4.39.